The van der Waals surface area contributed by atoms with Crippen LogP contribution in [0.5, 0.6) is 5.75 Å². The van der Waals surface area contributed by atoms with Gasteiger partial charge in [0.1, 0.15) is 5.75 Å². The molecule has 0 unspecified atom stereocenters. The predicted molar refractivity (Wildman–Crippen MR) is 115 cm³/mol. The summed E-state index contributed by atoms with van der Waals surface area (Å²) in [7, 11) is 3.63. The number of hydrogen-bond acceptors (Lipinski definition) is 2. The maximum atomic E-state index is 5.29. The Labute approximate surface area is 169 Å². The molecule has 3 rings (SSSR count). The van der Waals surface area contributed by atoms with Gasteiger partial charge in [-0.15, -0.1) is 24.0 Å². The van der Waals surface area contributed by atoms with Crippen LogP contribution in [0.1, 0.15) is 44.1 Å². The summed E-state index contributed by atoms with van der Waals surface area (Å²) in [5.74, 6) is 2.03. The molecule has 1 saturated carbocycles. The second-order valence-corrected chi connectivity index (χ2v) is 7.31. The van der Waals surface area contributed by atoms with Gasteiger partial charge in [-0.1, -0.05) is 25.0 Å². The van der Waals surface area contributed by atoms with Crippen molar-refractivity contribution in [1.82, 2.24) is 10.2 Å². The summed E-state index contributed by atoms with van der Waals surface area (Å²) in [6.07, 6.45) is 9.17. The van der Waals surface area contributed by atoms with Crippen molar-refractivity contribution in [1.29, 1.82) is 0 Å². The van der Waals surface area contributed by atoms with Crippen molar-refractivity contribution >= 4 is 29.9 Å². The molecule has 5 heteroatoms. The van der Waals surface area contributed by atoms with Gasteiger partial charge in [0.2, 0.25) is 0 Å². The van der Waals surface area contributed by atoms with Crippen LogP contribution in [0.2, 0.25) is 0 Å². The first-order valence-corrected chi connectivity index (χ1v) is 9.33. The lowest BCUT2D eigenvalue weighted by Crippen LogP contribution is -2.41. The molecule has 0 atom stereocenters. The molecule has 1 aromatic carbocycles. The van der Waals surface area contributed by atoms with Crippen LogP contribution in [0.4, 0.5) is 0 Å². The van der Waals surface area contributed by atoms with Crippen LogP contribution >= 0.6 is 24.0 Å². The van der Waals surface area contributed by atoms with Crippen molar-refractivity contribution in [3.05, 3.63) is 29.8 Å². The van der Waals surface area contributed by atoms with Crippen LogP contribution < -0.4 is 10.1 Å². The Bertz CT molecular complexity index is 570. The lowest BCUT2D eigenvalue weighted by molar-refractivity contribution is 0.309. The van der Waals surface area contributed by atoms with E-state index in [2.05, 4.69) is 33.4 Å². The van der Waals surface area contributed by atoms with Gasteiger partial charge in [0.15, 0.2) is 5.96 Å². The van der Waals surface area contributed by atoms with Crippen molar-refractivity contribution in [3.8, 4) is 5.75 Å². The molecule has 0 radical (unpaired) electrons. The van der Waals surface area contributed by atoms with Gasteiger partial charge in [0.25, 0.3) is 0 Å². The lowest BCUT2D eigenvalue weighted by Gasteiger charge is -2.26. The zero-order valence-corrected chi connectivity index (χ0v) is 17.9. The zero-order chi connectivity index (χ0) is 16.8. The summed E-state index contributed by atoms with van der Waals surface area (Å²) in [5.41, 5.74) is 1.93. The normalized spacial score (nSPS) is 19.1. The Morgan fingerprint density at radius 3 is 2.80 bits per heavy atom. The number of benzene rings is 1. The largest absolute Gasteiger partial charge is 0.497 e. The number of halogens is 1. The second-order valence-electron chi connectivity index (χ2n) is 7.31. The summed E-state index contributed by atoms with van der Waals surface area (Å²) in [4.78, 5) is 6.98. The van der Waals surface area contributed by atoms with Crippen molar-refractivity contribution in [2.24, 2.45) is 10.4 Å². The summed E-state index contributed by atoms with van der Waals surface area (Å²) in [5, 5.41) is 3.56. The predicted octanol–water partition coefficient (Wildman–Crippen LogP) is 4.09. The molecule has 140 valence electrons. The first kappa shape index (κ1) is 20.3. The number of hydrogen-bond donors (Lipinski definition) is 1. The first-order chi connectivity index (χ1) is 11.7. The van der Waals surface area contributed by atoms with Crippen molar-refractivity contribution in [2.45, 2.75) is 44.9 Å². The first-order valence-electron chi connectivity index (χ1n) is 9.33. The van der Waals surface area contributed by atoms with Crippen LogP contribution in [0, 0.1) is 5.41 Å². The minimum absolute atomic E-state index is 0. The highest BCUT2D eigenvalue weighted by Gasteiger charge is 2.40. The van der Waals surface area contributed by atoms with Gasteiger partial charge in [-0.25, -0.2) is 0 Å². The van der Waals surface area contributed by atoms with Gasteiger partial charge in [-0.2, -0.15) is 0 Å². The Morgan fingerprint density at radius 1 is 1.28 bits per heavy atom. The SMILES string of the molecule is CN=C(NCCCc1cccc(OC)c1)N1CCC2(CCCC2)C1.I. The summed E-state index contributed by atoms with van der Waals surface area (Å²) < 4.78 is 5.29. The zero-order valence-electron chi connectivity index (χ0n) is 15.6. The fraction of sp³-hybridized carbons (Fsp3) is 0.650. The number of aliphatic imine (C=N–C) groups is 1. The average molecular weight is 457 g/mol. The topological polar surface area (TPSA) is 36.9 Å². The Balaban J connectivity index is 0.00000225. The highest BCUT2D eigenvalue weighted by atomic mass is 127. The fourth-order valence-corrected chi connectivity index (χ4v) is 4.30. The van der Waals surface area contributed by atoms with Gasteiger partial charge in [0, 0.05) is 26.7 Å². The van der Waals surface area contributed by atoms with E-state index in [0.717, 1.165) is 37.6 Å². The molecule has 1 saturated heterocycles. The number of guanidine groups is 1. The molecule has 0 aromatic heterocycles. The quantitative estimate of drug-likeness (QED) is 0.313. The molecule has 0 bridgehead atoms. The standard InChI is InChI=1S/C20H31N3O.HI/c1-21-19(23-14-12-20(16-23)10-3-4-11-20)22-13-6-8-17-7-5-9-18(15-17)24-2;/h5,7,9,15H,3-4,6,8,10-14,16H2,1-2H3,(H,21,22);1H. The fourth-order valence-electron chi connectivity index (χ4n) is 4.30. The smallest absolute Gasteiger partial charge is 0.193 e. The number of ether oxygens (including phenoxy) is 1. The van der Waals surface area contributed by atoms with Crippen LogP contribution in [0.25, 0.3) is 0 Å². The number of aryl methyl sites for hydroxylation is 1. The Hall–Kier alpha value is -0.980. The lowest BCUT2D eigenvalue weighted by atomic mass is 9.86. The van der Waals surface area contributed by atoms with E-state index in [-0.39, 0.29) is 24.0 Å². The monoisotopic (exact) mass is 457 g/mol. The molecule has 1 heterocycles. The van der Waals surface area contributed by atoms with E-state index in [1.807, 2.05) is 13.1 Å². The van der Waals surface area contributed by atoms with Crippen LogP contribution in [0.3, 0.4) is 0 Å². The Morgan fingerprint density at radius 2 is 2.08 bits per heavy atom. The molecule has 2 aliphatic rings. The van der Waals surface area contributed by atoms with Gasteiger partial charge < -0.3 is 15.0 Å². The van der Waals surface area contributed by atoms with Gasteiger partial charge >= 0.3 is 0 Å². The summed E-state index contributed by atoms with van der Waals surface area (Å²) in [6.45, 7) is 3.32. The van der Waals surface area contributed by atoms with E-state index >= 15 is 0 Å². The highest BCUT2D eigenvalue weighted by molar-refractivity contribution is 14.0. The van der Waals surface area contributed by atoms with E-state index in [4.69, 9.17) is 4.74 Å². The molecule has 2 fully saturated rings. The van der Waals surface area contributed by atoms with E-state index in [9.17, 15) is 0 Å². The molecular weight excluding hydrogens is 425 g/mol. The van der Waals surface area contributed by atoms with E-state index in [0.29, 0.717) is 5.41 Å². The minimum Gasteiger partial charge on any atom is -0.497 e. The third-order valence-corrected chi connectivity index (χ3v) is 5.67. The van der Waals surface area contributed by atoms with E-state index in [1.54, 1.807) is 7.11 Å². The van der Waals surface area contributed by atoms with Crippen molar-refractivity contribution in [3.63, 3.8) is 0 Å². The average Bonchev–Trinajstić information content (AvgIpc) is 3.25. The van der Waals surface area contributed by atoms with Gasteiger partial charge in [0.05, 0.1) is 7.11 Å². The molecule has 25 heavy (non-hydrogen) atoms. The molecule has 1 aliphatic heterocycles. The van der Waals surface area contributed by atoms with E-state index < -0.39 is 0 Å². The molecule has 1 aromatic rings. The molecule has 1 N–H and O–H groups in total. The summed E-state index contributed by atoms with van der Waals surface area (Å²) in [6, 6.07) is 8.35. The van der Waals surface area contributed by atoms with Crippen LogP contribution in [-0.4, -0.2) is 44.7 Å². The Kier molecular flexibility index (Phi) is 7.84. The number of nitrogens with zero attached hydrogens (tertiary/aromatic N) is 2. The second kappa shape index (κ2) is 9.64. The number of nitrogens with one attached hydrogen (secondary N) is 1. The van der Waals surface area contributed by atoms with Crippen molar-refractivity contribution < 1.29 is 4.74 Å². The van der Waals surface area contributed by atoms with Gasteiger partial charge in [-0.05, 0) is 55.2 Å². The van der Waals surface area contributed by atoms with Crippen LogP contribution in [-0.2, 0) is 6.42 Å². The minimum atomic E-state index is 0. The molecule has 4 nitrogen and oxygen atoms in total. The van der Waals surface area contributed by atoms with Crippen LogP contribution in [0.15, 0.2) is 29.3 Å². The maximum absolute atomic E-state index is 5.29. The van der Waals surface area contributed by atoms with E-state index in [1.165, 1.54) is 44.2 Å². The number of rotatable bonds is 5. The molecular formula is C20H32IN3O. The molecule has 0 amide bonds. The molecule has 1 aliphatic carbocycles. The third kappa shape index (κ3) is 5.25. The van der Waals surface area contributed by atoms with Gasteiger partial charge in [-0.3, -0.25) is 4.99 Å². The maximum Gasteiger partial charge on any atom is 0.193 e. The highest BCUT2D eigenvalue weighted by Crippen LogP contribution is 2.45. The number of methoxy groups -OCH3 is 1. The third-order valence-electron chi connectivity index (χ3n) is 5.67. The summed E-state index contributed by atoms with van der Waals surface area (Å²) >= 11 is 0. The van der Waals surface area contributed by atoms with Crippen molar-refractivity contribution in [2.75, 3.05) is 33.8 Å². The number of likely N-dealkylation sites (tertiary alicyclic amines) is 1. The molecule has 1 spiro atoms.